The maximum Gasteiger partial charge on any atom is 0.416 e. The van der Waals surface area contributed by atoms with Gasteiger partial charge in [-0.05, 0) is 93.9 Å². The zero-order valence-corrected chi connectivity index (χ0v) is 24.2. The van der Waals surface area contributed by atoms with Crippen LogP contribution in [0.5, 0.6) is 5.75 Å². The van der Waals surface area contributed by atoms with E-state index in [-0.39, 0.29) is 31.1 Å². The van der Waals surface area contributed by atoms with E-state index in [0.29, 0.717) is 35.4 Å². The molecule has 0 aromatic heterocycles. The minimum atomic E-state index is -4.43. The van der Waals surface area contributed by atoms with E-state index in [1.165, 1.54) is 17.4 Å². The molecule has 41 heavy (non-hydrogen) atoms. The predicted molar refractivity (Wildman–Crippen MR) is 151 cm³/mol. The van der Waals surface area contributed by atoms with Crippen LogP contribution in [-0.2, 0) is 22.3 Å². The van der Waals surface area contributed by atoms with Crippen LogP contribution < -0.4 is 4.74 Å². The number of carbonyl (C=O) groups excluding carboxylic acids is 2. The lowest BCUT2D eigenvalue weighted by atomic mass is 9.88. The van der Waals surface area contributed by atoms with Crippen LogP contribution in [0.2, 0.25) is 0 Å². The summed E-state index contributed by atoms with van der Waals surface area (Å²) in [5.41, 5.74) is 1.41. The first kappa shape index (κ1) is 30.9. The summed E-state index contributed by atoms with van der Waals surface area (Å²) < 4.78 is 50.1. The fourth-order valence-corrected chi connectivity index (χ4v) is 6.06. The van der Waals surface area contributed by atoms with Gasteiger partial charge in [0.25, 0.3) is 0 Å². The standard InChI is InChI=1S/C29H33F3N2O4.C3H8/c1-2-37-28(36)22-5-3-4-20(14-22)19-10-12-33(13-11-19)25-8-6-21(16-25)27(35)34-17-23-15-24(29(30,31)32)7-9-26(23)38-18-34;1-3-2/h3-5,7,9,14-15,19,21,25H,2,6,8,10-13,16-18H2,1H3;3H2,1-2H3. The molecule has 1 amide bonds. The van der Waals surface area contributed by atoms with Crippen molar-refractivity contribution in [3.8, 4) is 5.75 Å². The van der Waals surface area contributed by atoms with Crippen LogP contribution in [-0.4, -0.2) is 54.1 Å². The normalized spacial score (nSPS) is 21.4. The van der Waals surface area contributed by atoms with E-state index in [0.717, 1.165) is 62.9 Å². The quantitative estimate of drug-likeness (QED) is 0.359. The lowest BCUT2D eigenvalue weighted by molar-refractivity contribution is -0.140. The number of benzene rings is 2. The zero-order valence-electron chi connectivity index (χ0n) is 24.2. The van der Waals surface area contributed by atoms with Crippen LogP contribution in [0, 0.1) is 5.92 Å². The molecule has 2 aromatic carbocycles. The van der Waals surface area contributed by atoms with Crippen molar-refractivity contribution in [1.29, 1.82) is 0 Å². The summed E-state index contributed by atoms with van der Waals surface area (Å²) in [6.45, 7) is 8.46. The summed E-state index contributed by atoms with van der Waals surface area (Å²) in [7, 11) is 0. The Hall–Kier alpha value is -3.07. The molecule has 2 aromatic rings. The molecule has 3 aliphatic rings. The average molecular weight is 575 g/mol. The van der Waals surface area contributed by atoms with E-state index in [1.807, 2.05) is 12.1 Å². The lowest BCUT2D eigenvalue weighted by Gasteiger charge is -2.36. The Balaban J connectivity index is 0.00000124. The molecule has 0 spiro atoms. The number of likely N-dealkylation sites (tertiary alicyclic amines) is 1. The monoisotopic (exact) mass is 574 g/mol. The third-order valence-electron chi connectivity index (χ3n) is 8.11. The first-order valence-electron chi connectivity index (χ1n) is 14.8. The second kappa shape index (κ2) is 13.7. The van der Waals surface area contributed by atoms with Crippen LogP contribution >= 0.6 is 0 Å². The lowest BCUT2D eigenvalue weighted by Crippen LogP contribution is -2.42. The van der Waals surface area contributed by atoms with Crippen LogP contribution in [0.4, 0.5) is 13.2 Å². The second-order valence-corrected chi connectivity index (χ2v) is 11.2. The average Bonchev–Trinajstić information content (AvgIpc) is 3.47. The molecule has 5 rings (SSSR count). The van der Waals surface area contributed by atoms with Crippen LogP contribution in [0.15, 0.2) is 42.5 Å². The molecule has 2 fully saturated rings. The van der Waals surface area contributed by atoms with Gasteiger partial charge < -0.3 is 19.3 Å². The van der Waals surface area contributed by atoms with Crippen molar-refractivity contribution in [1.82, 2.24) is 9.80 Å². The maximum atomic E-state index is 13.3. The van der Waals surface area contributed by atoms with Gasteiger partial charge in [0.15, 0.2) is 6.73 Å². The molecule has 0 N–H and O–H groups in total. The molecule has 2 aliphatic heterocycles. The molecule has 0 radical (unpaired) electrons. The van der Waals surface area contributed by atoms with Crippen LogP contribution in [0.1, 0.15) is 92.3 Å². The highest BCUT2D eigenvalue weighted by Gasteiger charge is 2.38. The molecule has 6 nitrogen and oxygen atoms in total. The zero-order chi connectivity index (χ0) is 29.6. The molecule has 2 atom stereocenters. The van der Waals surface area contributed by atoms with E-state index in [4.69, 9.17) is 9.47 Å². The van der Waals surface area contributed by atoms with E-state index >= 15 is 0 Å². The summed E-state index contributed by atoms with van der Waals surface area (Å²) >= 11 is 0. The number of hydrogen-bond donors (Lipinski definition) is 0. The number of alkyl halides is 3. The van der Waals surface area contributed by atoms with Crippen molar-refractivity contribution in [3.05, 3.63) is 64.7 Å². The number of esters is 1. The van der Waals surface area contributed by atoms with Crippen LogP contribution in [0.25, 0.3) is 0 Å². The van der Waals surface area contributed by atoms with Crippen molar-refractivity contribution in [2.45, 2.75) is 84.0 Å². The molecular formula is C32H41F3N2O4. The van der Waals surface area contributed by atoms with Crippen molar-refractivity contribution in [2.75, 3.05) is 26.4 Å². The third-order valence-corrected chi connectivity index (χ3v) is 8.11. The van der Waals surface area contributed by atoms with E-state index in [2.05, 4.69) is 24.8 Å². The molecule has 1 aliphatic carbocycles. The molecule has 0 bridgehead atoms. The SMILES string of the molecule is CCC.CCOC(=O)c1cccc(C2CCN(C3CCC(C(=O)N4COc5ccc(C(F)(F)F)cc5C4)C3)CC2)c1. The molecule has 2 unspecified atom stereocenters. The van der Waals surface area contributed by atoms with Gasteiger partial charge in [-0.3, -0.25) is 4.79 Å². The minimum absolute atomic E-state index is 0.0405. The van der Waals surface area contributed by atoms with Crippen molar-refractivity contribution < 1.29 is 32.2 Å². The maximum absolute atomic E-state index is 13.3. The molecule has 1 saturated carbocycles. The number of halogens is 3. The largest absolute Gasteiger partial charge is 0.473 e. The van der Waals surface area contributed by atoms with Gasteiger partial charge in [-0.25, -0.2) is 4.79 Å². The number of ether oxygens (including phenoxy) is 2. The Morgan fingerprint density at radius 3 is 2.41 bits per heavy atom. The van der Waals surface area contributed by atoms with Gasteiger partial charge in [-0.15, -0.1) is 0 Å². The van der Waals surface area contributed by atoms with Gasteiger partial charge in [-0.1, -0.05) is 32.4 Å². The number of hydrogen-bond acceptors (Lipinski definition) is 5. The summed E-state index contributed by atoms with van der Waals surface area (Å²) in [5.74, 6) is 0.307. The fraction of sp³-hybridized carbons (Fsp3) is 0.562. The second-order valence-electron chi connectivity index (χ2n) is 11.2. The molecule has 224 valence electrons. The Morgan fingerprint density at radius 1 is 1.00 bits per heavy atom. The van der Waals surface area contributed by atoms with E-state index in [1.54, 1.807) is 13.0 Å². The summed E-state index contributed by atoms with van der Waals surface area (Å²) in [4.78, 5) is 29.4. The predicted octanol–water partition coefficient (Wildman–Crippen LogP) is 7.03. The highest BCUT2D eigenvalue weighted by atomic mass is 19.4. The highest BCUT2D eigenvalue weighted by Crippen LogP contribution is 2.38. The van der Waals surface area contributed by atoms with Crippen molar-refractivity contribution >= 4 is 11.9 Å². The number of nitrogens with zero attached hydrogens (tertiary/aromatic N) is 2. The third kappa shape index (κ3) is 7.61. The van der Waals surface area contributed by atoms with E-state index in [9.17, 15) is 22.8 Å². The smallest absolute Gasteiger partial charge is 0.416 e. The van der Waals surface area contributed by atoms with Gasteiger partial charge in [0.05, 0.1) is 24.3 Å². The first-order chi connectivity index (χ1) is 19.6. The van der Waals surface area contributed by atoms with Gasteiger partial charge in [0, 0.05) is 17.5 Å². The number of fused-ring (bicyclic) bond motifs is 1. The van der Waals surface area contributed by atoms with Crippen LogP contribution in [0.3, 0.4) is 0 Å². The Bertz CT molecular complexity index is 1190. The van der Waals surface area contributed by atoms with Crippen molar-refractivity contribution in [3.63, 3.8) is 0 Å². The van der Waals surface area contributed by atoms with Gasteiger partial charge in [-0.2, -0.15) is 13.2 Å². The number of rotatable bonds is 5. The molecule has 9 heteroatoms. The molecule has 1 saturated heterocycles. The van der Waals surface area contributed by atoms with Gasteiger partial charge in [0.2, 0.25) is 5.91 Å². The van der Waals surface area contributed by atoms with Gasteiger partial charge in [0.1, 0.15) is 5.75 Å². The fourth-order valence-electron chi connectivity index (χ4n) is 6.06. The number of carbonyl (C=O) groups is 2. The number of piperidine rings is 1. The van der Waals surface area contributed by atoms with Crippen molar-refractivity contribution in [2.24, 2.45) is 5.92 Å². The van der Waals surface area contributed by atoms with Gasteiger partial charge >= 0.3 is 12.1 Å². The Morgan fingerprint density at radius 2 is 1.73 bits per heavy atom. The summed E-state index contributed by atoms with van der Waals surface area (Å²) in [6.07, 6.45) is 1.25. The number of amides is 1. The minimum Gasteiger partial charge on any atom is -0.473 e. The first-order valence-corrected chi connectivity index (χ1v) is 14.8. The summed E-state index contributed by atoms with van der Waals surface area (Å²) in [6, 6.07) is 11.5. The molecule has 2 heterocycles. The highest BCUT2D eigenvalue weighted by molar-refractivity contribution is 5.89. The summed E-state index contributed by atoms with van der Waals surface area (Å²) in [5, 5.41) is 0. The van der Waals surface area contributed by atoms with E-state index < -0.39 is 11.7 Å². The molecular weight excluding hydrogens is 533 g/mol. The topological polar surface area (TPSA) is 59.1 Å². The Labute approximate surface area is 240 Å². The Kier molecular flexibility index (Phi) is 10.3.